The van der Waals surface area contributed by atoms with E-state index in [4.69, 9.17) is 0 Å². The molecule has 1 aliphatic heterocycles. The van der Waals surface area contributed by atoms with Gasteiger partial charge >= 0.3 is 6.18 Å². The molecule has 0 aromatic heterocycles. The van der Waals surface area contributed by atoms with Crippen molar-refractivity contribution in [3.63, 3.8) is 0 Å². The Morgan fingerprint density at radius 2 is 1.94 bits per heavy atom. The first-order valence-electron chi connectivity index (χ1n) is 6.84. The highest BCUT2D eigenvalue weighted by atomic mass is 19.4. The van der Waals surface area contributed by atoms with Gasteiger partial charge in [-0.25, -0.2) is 0 Å². The molecular formula is C13H25F3N2. The van der Waals surface area contributed by atoms with E-state index in [0.29, 0.717) is 24.4 Å². The van der Waals surface area contributed by atoms with Crippen molar-refractivity contribution in [1.29, 1.82) is 0 Å². The highest BCUT2D eigenvalue weighted by Gasteiger charge is 2.29. The van der Waals surface area contributed by atoms with Crippen molar-refractivity contribution in [3.8, 4) is 0 Å². The SMILES string of the molecule is CC1CN(CCCCC(F)(F)F)C(C(C)C)CN1. The molecule has 1 saturated heterocycles. The lowest BCUT2D eigenvalue weighted by Gasteiger charge is -2.41. The lowest BCUT2D eigenvalue weighted by molar-refractivity contribution is -0.135. The molecule has 0 saturated carbocycles. The van der Waals surface area contributed by atoms with E-state index in [1.165, 1.54) is 0 Å². The van der Waals surface area contributed by atoms with Gasteiger partial charge in [0.2, 0.25) is 0 Å². The summed E-state index contributed by atoms with van der Waals surface area (Å²) in [5.74, 6) is 0.535. The van der Waals surface area contributed by atoms with Crippen molar-refractivity contribution in [3.05, 3.63) is 0 Å². The van der Waals surface area contributed by atoms with Crippen molar-refractivity contribution in [2.75, 3.05) is 19.6 Å². The summed E-state index contributed by atoms with van der Waals surface area (Å²) < 4.78 is 36.2. The average molecular weight is 266 g/mol. The van der Waals surface area contributed by atoms with Crippen LogP contribution >= 0.6 is 0 Å². The molecule has 0 bridgehead atoms. The van der Waals surface area contributed by atoms with Crippen molar-refractivity contribution in [1.82, 2.24) is 10.2 Å². The molecule has 2 unspecified atom stereocenters. The van der Waals surface area contributed by atoms with Crippen LogP contribution in [0, 0.1) is 5.92 Å². The summed E-state index contributed by atoms with van der Waals surface area (Å²) in [5, 5.41) is 3.44. The third kappa shape index (κ3) is 5.57. The second-order valence-electron chi connectivity index (χ2n) is 5.69. The number of rotatable bonds is 5. The number of hydrogen-bond acceptors (Lipinski definition) is 2. The third-order valence-corrected chi connectivity index (χ3v) is 3.58. The molecular weight excluding hydrogens is 241 g/mol. The molecule has 108 valence electrons. The van der Waals surface area contributed by atoms with Crippen LogP contribution in [0.25, 0.3) is 0 Å². The third-order valence-electron chi connectivity index (χ3n) is 3.58. The van der Waals surface area contributed by atoms with E-state index >= 15 is 0 Å². The molecule has 1 N–H and O–H groups in total. The fourth-order valence-corrected chi connectivity index (χ4v) is 2.56. The fourth-order valence-electron chi connectivity index (χ4n) is 2.56. The molecule has 1 fully saturated rings. The summed E-state index contributed by atoms with van der Waals surface area (Å²) in [6.45, 7) is 9.13. The van der Waals surface area contributed by atoms with E-state index in [2.05, 4.69) is 31.0 Å². The minimum atomic E-state index is -4.01. The minimum absolute atomic E-state index is 0.243. The van der Waals surface area contributed by atoms with E-state index in [1.54, 1.807) is 0 Å². The fraction of sp³-hybridized carbons (Fsp3) is 1.00. The van der Waals surface area contributed by atoms with Gasteiger partial charge in [0.15, 0.2) is 0 Å². The second-order valence-corrected chi connectivity index (χ2v) is 5.69. The molecule has 0 radical (unpaired) electrons. The van der Waals surface area contributed by atoms with E-state index in [-0.39, 0.29) is 6.42 Å². The Labute approximate surface area is 108 Å². The van der Waals surface area contributed by atoms with Crippen LogP contribution < -0.4 is 5.32 Å². The molecule has 0 spiro atoms. The Hall–Kier alpha value is -0.290. The summed E-state index contributed by atoms with van der Waals surface area (Å²) in [4.78, 5) is 2.35. The number of piperazine rings is 1. The lowest BCUT2D eigenvalue weighted by Crippen LogP contribution is -2.57. The largest absolute Gasteiger partial charge is 0.389 e. The Morgan fingerprint density at radius 3 is 2.50 bits per heavy atom. The van der Waals surface area contributed by atoms with Gasteiger partial charge in [-0.15, -0.1) is 0 Å². The smallest absolute Gasteiger partial charge is 0.311 e. The molecule has 1 rings (SSSR count). The molecule has 0 aliphatic carbocycles. The topological polar surface area (TPSA) is 15.3 Å². The average Bonchev–Trinajstić information content (AvgIpc) is 2.22. The number of nitrogens with zero attached hydrogens (tertiary/aromatic N) is 1. The molecule has 1 aliphatic rings. The Kier molecular flexibility index (Phi) is 5.92. The Morgan fingerprint density at radius 1 is 1.28 bits per heavy atom. The molecule has 0 aromatic rings. The Balaban J connectivity index is 2.32. The van der Waals surface area contributed by atoms with Crippen LogP contribution in [-0.2, 0) is 0 Å². The highest BCUT2D eigenvalue weighted by molar-refractivity contribution is 4.85. The van der Waals surface area contributed by atoms with E-state index in [1.807, 2.05) is 0 Å². The summed E-state index contributed by atoms with van der Waals surface area (Å²) in [6, 6.07) is 0.884. The number of hydrogen-bond donors (Lipinski definition) is 1. The van der Waals surface area contributed by atoms with Gasteiger partial charge in [-0.1, -0.05) is 13.8 Å². The van der Waals surface area contributed by atoms with E-state index in [0.717, 1.165) is 19.6 Å². The quantitative estimate of drug-likeness (QED) is 0.769. The summed E-state index contributed by atoms with van der Waals surface area (Å²) in [7, 11) is 0. The predicted octanol–water partition coefficient (Wildman–Crippen LogP) is 3.04. The zero-order chi connectivity index (χ0) is 13.8. The van der Waals surface area contributed by atoms with Gasteiger partial charge in [0.25, 0.3) is 0 Å². The van der Waals surface area contributed by atoms with Crippen LogP contribution in [-0.4, -0.2) is 42.8 Å². The maximum absolute atomic E-state index is 12.1. The van der Waals surface area contributed by atoms with Crippen LogP contribution in [0.15, 0.2) is 0 Å². The van der Waals surface area contributed by atoms with Crippen molar-refractivity contribution in [2.24, 2.45) is 5.92 Å². The van der Waals surface area contributed by atoms with Crippen molar-refractivity contribution >= 4 is 0 Å². The van der Waals surface area contributed by atoms with Crippen LogP contribution in [0.4, 0.5) is 13.2 Å². The number of alkyl halides is 3. The molecule has 18 heavy (non-hydrogen) atoms. The first-order chi connectivity index (χ1) is 8.29. The summed E-state index contributed by atoms with van der Waals surface area (Å²) >= 11 is 0. The van der Waals surface area contributed by atoms with E-state index < -0.39 is 12.6 Å². The molecule has 0 aromatic carbocycles. The predicted molar refractivity (Wildman–Crippen MR) is 67.6 cm³/mol. The first kappa shape index (κ1) is 15.8. The normalized spacial score (nSPS) is 26.8. The zero-order valence-electron chi connectivity index (χ0n) is 11.6. The van der Waals surface area contributed by atoms with E-state index in [9.17, 15) is 13.2 Å². The van der Waals surface area contributed by atoms with Crippen LogP contribution in [0.2, 0.25) is 0 Å². The minimum Gasteiger partial charge on any atom is -0.311 e. The molecule has 2 atom stereocenters. The van der Waals surface area contributed by atoms with Gasteiger partial charge < -0.3 is 5.32 Å². The standard InChI is InChI=1S/C13H25F3N2/c1-10(2)12-8-17-11(3)9-18(12)7-5-4-6-13(14,15)16/h10-12,17H,4-9H2,1-3H3. The number of halogens is 3. The first-order valence-corrected chi connectivity index (χ1v) is 6.84. The van der Waals surface area contributed by atoms with Gasteiger partial charge in [0.1, 0.15) is 0 Å². The van der Waals surface area contributed by atoms with Crippen LogP contribution in [0.1, 0.15) is 40.0 Å². The second kappa shape index (κ2) is 6.75. The van der Waals surface area contributed by atoms with Gasteiger partial charge in [-0.05, 0) is 32.2 Å². The van der Waals surface area contributed by atoms with Crippen LogP contribution in [0.5, 0.6) is 0 Å². The molecule has 2 nitrogen and oxygen atoms in total. The number of nitrogens with one attached hydrogen (secondary N) is 1. The van der Waals surface area contributed by atoms with Crippen molar-refractivity contribution in [2.45, 2.75) is 58.3 Å². The lowest BCUT2D eigenvalue weighted by atomic mass is 9.98. The number of unbranched alkanes of at least 4 members (excludes halogenated alkanes) is 1. The molecule has 5 heteroatoms. The van der Waals surface area contributed by atoms with Gasteiger partial charge in [0.05, 0.1) is 0 Å². The van der Waals surface area contributed by atoms with Crippen LogP contribution in [0.3, 0.4) is 0 Å². The van der Waals surface area contributed by atoms with Gasteiger partial charge in [-0.3, -0.25) is 4.90 Å². The van der Waals surface area contributed by atoms with Gasteiger partial charge in [-0.2, -0.15) is 13.2 Å². The van der Waals surface area contributed by atoms with Gasteiger partial charge in [0, 0.05) is 31.6 Å². The zero-order valence-corrected chi connectivity index (χ0v) is 11.6. The molecule has 1 heterocycles. The maximum Gasteiger partial charge on any atom is 0.389 e. The Bertz CT molecular complexity index is 241. The summed E-state index contributed by atoms with van der Waals surface area (Å²) in [6.07, 6.45) is -3.78. The van der Waals surface area contributed by atoms with Crippen molar-refractivity contribution < 1.29 is 13.2 Å². The molecule has 0 amide bonds. The maximum atomic E-state index is 12.1. The summed E-state index contributed by atoms with van der Waals surface area (Å²) in [5.41, 5.74) is 0. The monoisotopic (exact) mass is 266 g/mol. The highest BCUT2D eigenvalue weighted by Crippen LogP contribution is 2.23.